The van der Waals surface area contributed by atoms with E-state index in [-0.39, 0.29) is 0 Å². The minimum atomic E-state index is 0.416. The summed E-state index contributed by atoms with van der Waals surface area (Å²) in [6.45, 7) is 0.416. The minimum Gasteiger partial charge on any atom is -0.343 e. The standard InChI is InChI=1S/C17H15ClN4OS/c1-22(17(24)19-14-5-3-2-4-6-14)11-15-20-16(21-23-15)12-7-9-13(18)10-8-12/h2-10H,11H2,1H3,(H,19,24). The van der Waals surface area contributed by atoms with E-state index in [2.05, 4.69) is 15.5 Å². The lowest BCUT2D eigenvalue weighted by atomic mass is 10.2. The van der Waals surface area contributed by atoms with Gasteiger partial charge in [0, 0.05) is 23.3 Å². The number of hydrogen-bond acceptors (Lipinski definition) is 4. The summed E-state index contributed by atoms with van der Waals surface area (Å²) in [5.74, 6) is 1.01. The van der Waals surface area contributed by atoms with Crippen LogP contribution in [0.25, 0.3) is 11.4 Å². The molecule has 0 unspecified atom stereocenters. The summed E-state index contributed by atoms with van der Waals surface area (Å²) in [4.78, 5) is 6.22. The SMILES string of the molecule is CN(Cc1nc(-c2ccc(Cl)cc2)no1)C(=S)Nc1ccccc1. The Morgan fingerprint density at radius 1 is 1.17 bits per heavy atom. The van der Waals surface area contributed by atoms with Crippen LogP contribution in [0.15, 0.2) is 59.1 Å². The monoisotopic (exact) mass is 358 g/mol. The minimum absolute atomic E-state index is 0.416. The molecule has 0 saturated carbocycles. The molecule has 24 heavy (non-hydrogen) atoms. The fourth-order valence-corrected chi connectivity index (χ4v) is 2.36. The molecule has 0 aliphatic heterocycles. The van der Waals surface area contributed by atoms with E-state index in [1.54, 1.807) is 12.1 Å². The van der Waals surface area contributed by atoms with Crippen molar-refractivity contribution < 1.29 is 4.52 Å². The van der Waals surface area contributed by atoms with Crippen molar-refractivity contribution in [1.82, 2.24) is 15.0 Å². The predicted molar refractivity (Wildman–Crippen MR) is 98.9 cm³/mol. The average Bonchev–Trinajstić information content (AvgIpc) is 3.05. The second kappa shape index (κ2) is 7.42. The number of nitrogens with zero attached hydrogens (tertiary/aromatic N) is 3. The molecule has 0 spiro atoms. The Labute approximate surface area is 150 Å². The first-order valence-corrected chi connectivity index (χ1v) is 8.06. The zero-order valence-corrected chi connectivity index (χ0v) is 14.5. The topological polar surface area (TPSA) is 54.2 Å². The lowest BCUT2D eigenvalue weighted by Gasteiger charge is -2.19. The first-order chi connectivity index (χ1) is 11.6. The van der Waals surface area contributed by atoms with E-state index in [1.165, 1.54) is 0 Å². The van der Waals surface area contributed by atoms with E-state index in [9.17, 15) is 0 Å². The number of para-hydroxylation sites is 1. The fraction of sp³-hybridized carbons (Fsp3) is 0.118. The number of rotatable bonds is 4. The maximum Gasteiger partial charge on any atom is 0.246 e. The Bertz CT molecular complexity index is 820. The summed E-state index contributed by atoms with van der Waals surface area (Å²) in [7, 11) is 1.87. The van der Waals surface area contributed by atoms with E-state index in [0.717, 1.165) is 11.3 Å². The van der Waals surface area contributed by atoms with Crippen LogP contribution >= 0.6 is 23.8 Å². The molecule has 7 heteroatoms. The van der Waals surface area contributed by atoms with Crippen LogP contribution in [0, 0.1) is 0 Å². The van der Waals surface area contributed by atoms with Gasteiger partial charge in [-0.15, -0.1) is 0 Å². The van der Waals surface area contributed by atoms with Crippen molar-refractivity contribution >= 4 is 34.6 Å². The maximum absolute atomic E-state index is 5.88. The van der Waals surface area contributed by atoms with Crippen molar-refractivity contribution in [3.05, 3.63) is 65.5 Å². The van der Waals surface area contributed by atoms with Crippen LogP contribution in [0.4, 0.5) is 5.69 Å². The molecule has 5 nitrogen and oxygen atoms in total. The van der Waals surface area contributed by atoms with Gasteiger partial charge < -0.3 is 14.7 Å². The number of benzene rings is 2. The predicted octanol–water partition coefficient (Wildman–Crippen LogP) is 4.22. The second-order valence-electron chi connectivity index (χ2n) is 5.17. The maximum atomic E-state index is 5.88. The summed E-state index contributed by atoms with van der Waals surface area (Å²) < 4.78 is 5.30. The zero-order chi connectivity index (χ0) is 16.9. The molecule has 0 aliphatic carbocycles. The van der Waals surface area contributed by atoms with Crippen molar-refractivity contribution in [2.45, 2.75) is 6.54 Å². The quantitative estimate of drug-likeness (QED) is 0.705. The van der Waals surface area contributed by atoms with Crippen molar-refractivity contribution in [2.75, 3.05) is 12.4 Å². The third-order valence-corrected chi connectivity index (χ3v) is 3.98. The summed E-state index contributed by atoms with van der Waals surface area (Å²) in [5.41, 5.74) is 1.78. The number of hydrogen-bond donors (Lipinski definition) is 1. The zero-order valence-electron chi connectivity index (χ0n) is 12.9. The van der Waals surface area contributed by atoms with Crippen molar-refractivity contribution in [3.8, 4) is 11.4 Å². The molecule has 0 amide bonds. The van der Waals surface area contributed by atoms with Gasteiger partial charge in [0.05, 0.1) is 6.54 Å². The summed E-state index contributed by atoms with van der Waals surface area (Å²) >= 11 is 11.3. The van der Waals surface area contributed by atoms with Gasteiger partial charge in [-0.2, -0.15) is 4.98 Å². The molecule has 3 rings (SSSR count). The van der Waals surface area contributed by atoms with Crippen LogP contribution in [0.3, 0.4) is 0 Å². The third-order valence-electron chi connectivity index (χ3n) is 3.31. The number of thiocarbonyl (C=S) groups is 1. The third kappa shape index (κ3) is 4.10. The first-order valence-electron chi connectivity index (χ1n) is 7.27. The van der Waals surface area contributed by atoms with E-state index < -0.39 is 0 Å². The highest BCUT2D eigenvalue weighted by Gasteiger charge is 2.12. The van der Waals surface area contributed by atoms with Gasteiger partial charge in [0.1, 0.15) is 0 Å². The van der Waals surface area contributed by atoms with Crippen LogP contribution in [-0.2, 0) is 6.54 Å². The van der Waals surface area contributed by atoms with Gasteiger partial charge in [-0.25, -0.2) is 0 Å². The Balaban J connectivity index is 1.63. The number of aromatic nitrogens is 2. The molecule has 1 aromatic heterocycles. The first kappa shape index (κ1) is 16.4. The average molecular weight is 359 g/mol. The molecular weight excluding hydrogens is 344 g/mol. The molecule has 0 aliphatic rings. The largest absolute Gasteiger partial charge is 0.343 e. The van der Waals surface area contributed by atoms with E-state index >= 15 is 0 Å². The summed E-state index contributed by atoms with van der Waals surface area (Å²) in [6, 6.07) is 17.0. The molecular formula is C17H15ClN4OS. The highest BCUT2D eigenvalue weighted by atomic mass is 35.5. The molecule has 3 aromatic rings. The normalized spacial score (nSPS) is 10.4. The van der Waals surface area contributed by atoms with Crippen LogP contribution in [0.5, 0.6) is 0 Å². The fourth-order valence-electron chi connectivity index (χ4n) is 2.05. The lowest BCUT2D eigenvalue weighted by Crippen LogP contribution is -2.30. The molecule has 0 radical (unpaired) electrons. The molecule has 0 atom stereocenters. The molecule has 0 fully saturated rings. The van der Waals surface area contributed by atoms with Gasteiger partial charge >= 0.3 is 0 Å². The Morgan fingerprint density at radius 2 is 1.88 bits per heavy atom. The highest BCUT2D eigenvalue weighted by molar-refractivity contribution is 7.80. The van der Waals surface area contributed by atoms with Crippen molar-refractivity contribution in [3.63, 3.8) is 0 Å². The molecule has 2 aromatic carbocycles. The van der Waals surface area contributed by atoms with Gasteiger partial charge in [-0.1, -0.05) is 35.0 Å². The number of anilines is 1. The Hall–Kier alpha value is -2.44. The van der Waals surface area contributed by atoms with Gasteiger partial charge in [0.15, 0.2) is 5.11 Å². The second-order valence-corrected chi connectivity index (χ2v) is 5.99. The number of nitrogens with one attached hydrogen (secondary N) is 1. The van der Waals surface area contributed by atoms with Crippen molar-refractivity contribution in [1.29, 1.82) is 0 Å². The molecule has 0 saturated heterocycles. The van der Waals surface area contributed by atoms with Gasteiger partial charge in [-0.3, -0.25) is 0 Å². The molecule has 1 N–H and O–H groups in total. The smallest absolute Gasteiger partial charge is 0.246 e. The summed E-state index contributed by atoms with van der Waals surface area (Å²) in [5, 5.41) is 8.40. The Kier molecular flexibility index (Phi) is 5.08. The van der Waals surface area contributed by atoms with E-state index in [0.29, 0.717) is 28.4 Å². The van der Waals surface area contributed by atoms with E-state index in [4.69, 9.17) is 28.3 Å². The van der Waals surface area contributed by atoms with Gasteiger partial charge in [0.25, 0.3) is 0 Å². The lowest BCUT2D eigenvalue weighted by molar-refractivity contribution is 0.336. The number of halogens is 1. The van der Waals surface area contributed by atoms with Crippen LogP contribution < -0.4 is 5.32 Å². The van der Waals surface area contributed by atoms with Crippen LogP contribution in [-0.4, -0.2) is 27.2 Å². The Morgan fingerprint density at radius 3 is 2.58 bits per heavy atom. The van der Waals surface area contributed by atoms with Crippen molar-refractivity contribution in [2.24, 2.45) is 0 Å². The van der Waals surface area contributed by atoms with E-state index in [1.807, 2.05) is 54.4 Å². The van der Waals surface area contributed by atoms with Gasteiger partial charge in [-0.05, 0) is 48.6 Å². The van der Waals surface area contributed by atoms with Gasteiger partial charge in [0.2, 0.25) is 11.7 Å². The van der Waals surface area contributed by atoms with Crippen LogP contribution in [0.2, 0.25) is 5.02 Å². The summed E-state index contributed by atoms with van der Waals surface area (Å²) in [6.07, 6.45) is 0. The highest BCUT2D eigenvalue weighted by Crippen LogP contribution is 2.19. The molecule has 122 valence electrons. The van der Waals surface area contributed by atoms with Crippen LogP contribution in [0.1, 0.15) is 5.89 Å². The molecule has 0 bridgehead atoms. The molecule has 1 heterocycles.